The maximum absolute atomic E-state index is 13.8. The number of hydrogen-bond donors (Lipinski definition) is 0. The molecule has 0 amide bonds. The Hall–Kier alpha value is -4.18. The summed E-state index contributed by atoms with van der Waals surface area (Å²) < 4.78 is 24.3. The molecule has 226 valence electrons. The zero-order chi connectivity index (χ0) is 31.3. The van der Waals surface area contributed by atoms with Crippen LogP contribution >= 0.6 is 15.9 Å². The Morgan fingerprint density at radius 1 is 1.05 bits per heavy atom. The highest BCUT2D eigenvalue weighted by Gasteiger charge is 2.21. The average Bonchev–Trinajstić information content (AvgIpc) is 2.98. The number of methoxy groups -OCH3 is 1. The van der Waals surface area contributed by atoms with Gasteiger partial charge in [0.1, 0.15) is 5.75 Å². The largest absolute Gasteiger partial charge is 0.496 e. The average molecular weight is 651 g/mol. The molecular formula is C33H36BrN3O6. The molecule has 1 aromatic heterocycles. The van der Waals surface area contributed by atoms with E-state index in [1.807, 2.05) is 38.1 Å². The molecule has 0 unspecified atom stereocenters. The highest BCUT2D eigenvalue weighted by molar-refractivity contribution is 9.10. The lowest BCUT2D eigenvalue weighted by atomic mass is 9.96. The van der Waals surface area contributed by atoms with Gasteiger partial charge in [-0.2, -0.15) is 9.78 Å². The maximum atomic E-state index is 13.8. The van der Waals surface area contributed by atoms with Crippen molar-refractivity contribution in [2.45, 2.75) is 53.6 Å². The normalized spacial score (nSPS) is 12.1. The molecule has 0 bridgehead atoms. The second kappa shape index (κ2) is 13.9. The van der Waals surface area contributed by atoms with E-state index in [1.54, 1.807) is 51.4 Å². The van der Waals surface area contributed by atoms with Crippen molar-refractivity contribution in [1.29, 1.82) is 0 Å². The van der Waals surface area contributed by atoms with Gasteiger partial charge in [-0.3, -0.25) is 4.79 Å². The van der Waals surface area contributed by atoms with Gasteiger partial charge in [-0.15, -0.1) is 0 Å². The number of carbonyl (C=O) groups is 1. The number of esters is 1. The summed E-state index contributed by atoms with van der Waals surface area (Å²) in [6.07, 6.45) is 0.730. The minimum absolute atomic E-state index is 0.179. The molecule has 4 aromatic rings. The predicted octanol–water partition coefficient (Wildman–Crippen LogP) is 6.88. The Kier molecular flexibility index (Phi) is 10.2. The first-order chi connectivity index (χ1) is 20.6. The summed E-state index contributed by atoms with van der Waals surface area (Å²) in [7, 11) is 1.65. The standard InChI is InChI=1S/C33H36BrN3O6/c1-8-41-29-15-22(26(34)17-30(29)43-21(6)33(39)42-9-2)18-35-37-31(36-27-13-11-10-12-23(27)32(37)38)25-16-24(19(3)4)28(40-7)14-20(25)5/h10-19,21H,8-9H2,1-7H3/t21-/m1/s1. The highest BCUT2D eigenvalue weighted by Crippen LogP contribution is 2.35. The SMILES string of the molecule is CCOC(=O)[C@@H](C)Oc1cc(Br)c(C=Nn2c(-c3cc(C(C)C)c(OC)cc3C)nc3ccccc3c2=O)cc1OCC. The minimum Gasteiger partial charge on any atom is -0.496 e. The Bertz CT molecular complexity index is 1730. The lowest BCUT2D eigenvalue weighted by molar-refractivity contribution is -0.150. The molecule has 0 aliphatic carbocycles. The van der Waals surface area contributed by atoms with Crippen LogP contribution in [0.25, 0.3) is 22.3 Å². The molecule has 0 saturated heterocycles. The summed E-state index contributed by atoms with van der Waals surface area (Å²) in [4.78, 5) is 30.9. The van der Waals surface area contributed by atoms with E-state index in [0.717, 1.165) is 22.4 Å². The predicted molar refractivity (Wildman–Crippen MR) is 172 cm³/mol. The van der Waals surface area contributed by atoms with E-state index in [2.05, 4.69) is 34.9 Å². The van der Waals surface area contributed by atoms with Crippen LogP contribution in [0.1, 0.15) is 57.2 Å². The third kappa shape index (κ3) is 6.91. The van der Waals surface area contributed by atoms with Gasteiger partial charge in [-0.05, 0) is 97.1 Å². The molecule has 0 N–H and O–H groups in total. The lowest BCUT2D eigenvalue weighted by Crippen LogP contribution is -2.26. The number of nitrogens with zero attached hydrogens (tertiary/aromatic N) is 3. The van der Waals surface area contributed by atoms with Gasteiger partial charge in [0.2, 0.25) is 0 Å². The van der Waals surface area contributed by atoms with E-state index in [0.29, 0.717) is 44.9 Å². The van der Waals surface area contributed by atoms with Gasteiger partial charge in [0, 0.05) is 15.6 Å². The number of fused-ring (bicyclic) bond motifs is 1. The van der Waals surface area contributed by atoms with E-state index in [1.165, 1.54) is 4.68 Å². The number of aryl methyl sites for hydroxylation is 1. The summed E-state index contributed by atoms with van der Waals surface area (Å²) in [6.45, 7) is 12.0. The van der Waals surface area contributed by atoms with Crippen molar-refractivity contribution in [2.24, 2.45) is 5.10 Å². The molecule has 0 fully saturated rings. The van der Waals surface area contributed by atoms with E-state index in [4.69, 9.17) is 23.9 Å². The molecule has 0 spiro atoms. The van der Waals surface area contributed by atoms with Gasteiger partial charge in [0.15, 0.2) is 23.4 Å². The van der Waals surface area contributed by atoms with Crippen molar-refractivity contribution in [3.63, 3.8) is 0 Å². The first-order valence-corrected chi connectivity index (χ1v) is 14.9. The fourth-order valence-corrected chi connectivity index (χ4v) is 5.03. The smallest absolute Gasteiger partial charge is 0.347 e. The summed E-state index contributed by atoms with van der Waals surface area (Å²) in [5.41, 5.74) is 3.56. The zero-order valence-electron chi connectivity index (χ0n) is 25.4. The van der Waals surface area contributed by atoms with Crippen molar-refractivity contribution >= 4 is 39.0 Å². The Morgan fingerprint density at radius 2 is 1.79 bits per heavy atom. The molecule has 0 radical (unpaired) electrons. The molecule has 0 aliphatic rings. The molecule has 43 heavy (non-hydrogen) atoms. The van der Waals surface area contributed by atoms with Gasteiger partial charge in [0.25, 0.3) is 5.56 Å². The molecular weight excluding hydrogens is 614 g/mol. The van der Waals surface area contributed by atoms with Crippen LogP contribution in [0.4, 0.5) is 0 Å². The molecule has 9 nitrogen and oxygen atoms in total. The minimum atomic E-state index is -0.834. The highest BCUT2D eigenvalue weighted by atomic mass is 79.9. The van der Waals surface area contributed by atoms with Crippen LogP contribution in [-0.4, -0.2) is 48.3 Å². The maximum Gasteiger partial charge on any atom is 0.347 e. The van der Waals surface area contributed by atoms with E-state index in [9.17, 15) is 9.59 Å². The summed E-state index contributed by atoms with van der Waals surface area (Å²) >= 11 is 3.58. The lowest BCUT2D eigenvalue weighted by Gasteiger charge is -2.18. The van der Waals surface area contributed by atoms with Crippen molar-refractivity contribution in [1.82, 2.24) is 9.66 Å². The molecule has 10 heteroatoms. The van der Waals surface area contributed by atoms with Gasteiger partial charge in [0.05, 0.1) is 37.4 Å². The van der Waals surface area contributed by atoms with Crippen LogP contribution in [0.2, 0.25) is 0 Å². The second-order valence-corrected chi connectivity index (χ2v) is 11.0. The van der Waals surface area contributed by atoms with Crippen molar-refractivity contribution in [3.05, 3.63) is 80.0 Å². The number of para-hydroxylation sites is 1. The number of benzene rings is 3. The second-order valence-electron chi connectivity index (χ2n) is 10.1. The molecule has 0 saturated carbocycles. The fraction of sp³-hybridized carbons (Fsp3) is 0.333. The Morgan fingerprint density at radius 3 is 2.47 bits per heavy atom. The first-order valence-electron chi connectivity index (χ1n) is 14.1. The third-order valence-electron chi connectivity index (χ3n) is 6.79. The van der Waals surface area contributed by atoms with Crippen LogP contribution in [0.3, 0.4) is 0 Å². The number of aromatic nitrogens is 2. The Labute approximate surface area is 259 Å². The topological polar surface area (TPSA) is 101 Å². The van der Waals surface area contributed by atoms with E-state index < -0.39 is 12.1 Å². The van der Waals surface area contributed by atoms with Crippen molar-refractivity contribution in [2.75, 3.05) is 20.3 Å². The van der Waals surface area contributed by atoms with Crippen molar-refractivity contribution in [3.8, 4) is 28.6 Å². The third-order valence-corrected chi connectivity index (χ3v) is 7.48. The monoisotopic (exact) mass is 649 g/mol. The molecule has 1 heterocycles. The van der Waals surface area contributed by atoms with Crippen LogP contribution in [0.5, 0.6) is 17.2 Å². The number of halogens is 1. The fourth-order valence-electron chi connectivity index (χ4n) is 4.60. The Balaban J connectivity index is 1.86. The van der Waals surface area contributed by atoms with Crippen LogP contribution in [0, 0.1) is 6.92 Å². The van der Waals surface area contributed by atoms with Gasteiger partial charge < -0.3 is 18.9 Å². The van der Waals surface area contributed by atoms with E-state index >= 15 is 0 Å². The first kappa shape index (κ1) is 31.7. The van der Waals surface area contributed by atoms with Crippen LogP contribution in [-0.2, 0) is 9.53 Å². The summed E-state index contributed by atoms with van der Waals surface area (Å²) in [5.74, 6) is 1.68. The van der Waals surface area contributed by atoms with Crippen LogP contribution in [0.15, 0.2) is 62.9 Å². The molecule has 1 atom stereocenters. The summed E-state index contributed by atoms with van der Waals surface area (Å²) in [6, 6.07) is 14.6. The van der Waals surface area contributed by atoms with Gasteiger partial charge in [-0.25, -0.2) is 9.78 Å². The number of rotatable bonds is 11. The molecule has 3 aromatic carbocycles. The van der Waals surface area contributed by atoms with E-state index in [-0.39, 0.29) is 18.1 Å². The van der Waals surface area contributed by atoms with Gasteiger partial charge >= 0.3 is 5.97 Å². The molecule has 4 rings (SSSR count). The quantitative estimate of drug-likeness (QED) is 0.129. The number of carbonyl (C=O) groups excluding carboxylic acids is 1. The van der Waals surface area contributed by atoms with Crippen LogP contribution < -0.4 is 19.8 Å². The molecule has 0 aliphatic heterocycles. The summed E-state index contributed by atoms with van der Waals surface area (Å²) in [5, 5.41) is 5.10. The zero-order valence-corrected chi connectivity index (χ0v) is 27.0. The van der Waals surface area contributed by atoms with Gasteiger partial charge in [-0.1, -0.05) is 26.0 Å². The van der Waals surface area contributed by atoms with Crippen molar-refractivity contribution < 1.29 is 23.7 Å². The number of hydrogen-bond acceptors (Lipinski definition) is 8. The number of ether oxygens (including phenoxy) is 4.